The van der Waals surface area contributed by atoms with Crippen LogP contribution >= 0.6 is 0 Å². The molecule has 1 aliphatic rings. The first-order valence-electron chi connectivity index (χ1n) is 11.9. The molecule has 1 saturated carbocycles. The van der Waals surface area contributed by atoms with E-state index in [1.54, 1.807) is 35.4 Å². The molecule has 37 heavy (non-hydrogen) atoms. The normalized spacial score (nSPS) is 14.0. The third-order valence-electron chi connectivity index (χ3n) is 5.75. The van der Waals surface area contributed by atoms with Crippen LogP contribution in [0.5, 0.6) is 5.75 Å². The topological polar surface area (TPSA) is 130 Å². The Morgan fingerprint density at radius 1 is 1.14 bits per heavy atom. The Hall–Kier alpha value is -4.24. The molecule has 1 unspecified atom stereocenters. The lowest BCUT2D eigenvalue weighted by Gasteiger charge is -2.15. The number of nitrogens with zero attached hydrogens (tertiary/aromatic N) is 7. The maximum atomic E-state index is 12.4. The Bertz CT molecular complexity index is 1600. The first-order valence-corrected chi connectivity index (χ1v) is 13.4. The summed E-state index contributed by atoms with van der Waals surface area (Å²) in [7, 11) is -1.62. The molecule has 4 aromatic heterocycles. The van der Waals surface area contributed by atoms with Crippen molar-refractivity contribution in [3.05, 3.63) is 60.4 Å². The van der Waals surface area contributed by atoms with Gasteiger partial charge < -0.3 is 10.1 Å². The fraction of sp³-hybridized carbons (Fsp3) is 0.320. The number of rotatable bonds is 8. The van der Waals surface area contributed by atoms with Crippen molar-refractivity contribution in [2.24, 2.45) is 7.05 Å². The average Bonchev–Trinajstić information content (AvgIpc) is 3.49. The van der Waals surface area contributed by atoms with Crippen LogP contribution in [0.25, 0.3) is 11.4 Å². The summed E-state index contributed by atoms with van der Waals surface area (Å²) in [6.45, 7) is 4.04. The molecule has 4 aromatic rings. The van der Waals surface area contributed by atoms with E-state index in [-0.39, 0.29) is 11.4 Å². The summed E-state index contributed by atoms with van der Waals surface area (Å²) in [6, 6.07) is 3.48. The van der Waals surface area contributed by atoms with Crippen molar-refractivity contribution in [3.63, 3.8) is 0 Å². The van der Waals surface area contributed by atoms with Crippen LogP contribution in [-0.4, -0.2) is 53.7 Å². The van der Waals surface area contributed by atoms with Crippen LogP contribution in [-0.2, 0) is 17.1 Å². The highest BCUT2D eigenvalue weighted by Crippen LogP contribution is 2.30. The maximum Gasteiger partial charge on any atom is 0.256 e. The molecule has 0 bridgehead atoms. The number of hydrogen-bond donors (Lipinski definition) is 1. The highest BCUT2D eigenvalue weighted by molar-refractivity contribution is 7.90. The molecule has 11 nitrogen and oxygen atoms in total. The third-order valence-corrected chi connectivity index (χ3v) is 7.79. The molecule has 0 radical (unpaired) electrons. The molecule has 4 heterocycles. The molecule has 190 valence electrons. The van der Waals surface area contributed by atoms with Gasteiger partial charge in [0.15, 0.2) is 5.82 Å². The van der Waals surface area contributed by atoms with Crippen molar-refractivity contribution < 1.29 is 13.2 Å². The van der Waals surface area contributed by atoms with Crippen molar-refractivity contribution in [3.8, 4) is 29.0 Å². The van der Waals surface area contributed by atoms with Crippen LogP contribution in [0.1, 0.15) is 44.2 Å². The molecule has 0 aromatic carbocycles. The van der Waals surface area contributed by atoms with Crippen LogP contribution in [0.3, 0.4) is 0 Å². The lowest BCUT2D eigenvalue weighted by Crippen LogP contribution is -2.17. The molecule has 1 fully saturated rings. The minimum Gasteiger partial charge on any atom is -0.489 e. The molecule has 0 aliphatic heterocycles. The van der Waals surface area contributed by atoms with Gasteiger partial charge in [-0.3, -0.25) is 4.68 Å². The van der Waals surface area contributed by atoms with E-state index in [4.69, 9.17) is 4.74 Å². The van der Waals surface area contributed by atoms with Gasteiger partial charge in [0.2, 0.25) is 0 Å². The second-order valence-electron chi connectivity index (χ2n) is 8.79. The quantitative estimate of drug-likeness (QED) is 0.350. The largest absolute Gasteiger partial charge is 0.489 e. The van der Waals surface area contributed by atoms with Gasteiger partial charge in [0.25, 0.3) is 10.0 Å². The molecule has 1 aliphatic carbocycles. The number of anilines is 2. The highest BCUT2D eigenvalue weighted by Gasteiger charge is 2.37. The summed E-state index contributed by atoms with van der Waals surface area (Å²) < 4.78 is 33.7. The van der Waals surface area contributed by atoms with Gasteiger partial charge in [0.05, 0.1) is 46.6 Å². The van der Waals surface area contributed by atoms with Crippen LogP contribution in [0.4, 0.5) is 11.6 Å². The molecule has 0 amide bonds. The van der Waals surface area contributed by atoms with Crippen LogP contribution < -0.4 is 10.1 Å². The highest BCUT2D eigenvalue weighted by atomic mass is 32.2. The van der Waals surface area contributed by atoms with Gasteiger partial charge in [0, 0.05) is 31.7 Å². The van der Waals surface area contributed by atoms with Crippen molar-refractivity contribution in [1.82, 2.24) is 33.9 Å². The van der Waals surface area contributed by atoms with Gasteiger partial charge in [0.1, 0.15) is 17.4 Å². The summed E-state index contributed by atoms with van der Waals surface area (Å²) in [5.41, 5.74) is 1.95. The fourth-order valence-electron chi connectivity index (χ4n) is 3.40. The lowest BCUT2D eigenvalue weighted by molar-refractivity contribution is 0.217. The smallest absolute Gasteiger partial charge is 0.256 e. The second-order valence-corrected chi connectivity index (χ2v) is 10.9. The zero-order chi connectivity index (χ0) is 26.0. The van der Waals surface area contributed by atoms with E-state index in [0.29, 0.717) is 47.2 Å². The van der Waals surface area contributed by atoms with Crippen molar-refractivity contribution in [2.75, 3.05) is 5.32 Å². The molecule has 1 atom stereocenters. The van der Waals surface area contributed by atoms with Gasteiger partial charge >= 0.3 is 0 Å². The molecule has 12 heteroatoms. The number of pyridine rings is 1. The third kappa shape index (κ3) is 5.62. The first kappa shape index (κ1) is 24.5. The predicted molar refractivity (Wildman–Crippen MR) is 138 cm³/mol. The number of ether oxygens (including phenoxy) is 1. The zero-order valence-electron chi connectivity index (χ0n) is 20.7. The average molecular weight is 519 g/mol. The number of aryl methyl sites for hydroxylation is 1. The molecule has 1 N–H and O–H groups in total. The minimum atomic E-state index is -3.46. The Morgan fingerprint density at radius 3 is 2.70 bits per heavy atom. The summed E-state index contributed by atoms with van der Waals surface area (Å²) in [4.78, 5) is 13.3. The van der Waals surface area contributed by atoms with E-state index < -0.39 is 10.0 Å². The molecule has 5 rings (SSSR count). The van der Waals surface area contributed by atoms with E-state index in [9.17, 15) is 8.42 Å². The van der Waals surface area contributed by atoms with Gasteiger partial charge in [-0.05, 0) is 32.3 Å². The van der Waals surface area contributed by atoms with Crippen molar-refractivity contribution in [2.45, 2.75) is 44.5 Å². The summed E-state index contributed by atoms with van der Waals surface area (Å²) in [5.74, 6) is 8.15. The predicted octanol–water partition coefficient (Wildman–Crippen LogP) is 3.13. The monoisotopic (exact) mass is 518 g/mol. The Labute approximate surface area is 215 Å². The maximum absolute atomic E-state index is 12.4. The van der Waals surface area contributed by atoms with E-state index in [0.717, 1.165) is 16.1 Å². The van der Waals surface area contributed by atoms with Gasteiger partial charge in [-0.1, -0.05) is 18.8 Å². The van der Waals surface area contributed by atoms with E-state index >= 15 is 0 Å². The molecule has 0 saturated heterocycles. The Kier molecular flexibility index (Phi) is 6.62. The summed E-state index contributed by atoms with van der Waals surface area (Å²) in [5, 5.41) is 11.0. The molecule has 0 spiro atoms. The zero-order valence-corrected chi connectivity index (χ0v) is 21.5. The minimum absolute atomic E-state index is 0.0108. The number of aromatic nitrogens is 7. The number of nitrogens with one attached hydrogen (secondary N) is 1. The Balaban J connectivity index is 1.39. The van der Waals surface area contributed by atoms with Crippen LogP contribution in [0.15, 0.2) is 49.3 Å². The van der Waals surface area contributed by atoms with Crippen LogP contribution in [0, 0.1) is 11.8 Å². The van der Waals surface area contributed by atoms with Crippen molar-refractivity contribution >= 4 is 21.7 Å². The van der Waals surface area contributed by atoms with Gasteiger partial charge in [-0.15, -0.1) is 0 Å². The van der Waals surface area contributed by atoms with E-state index in [1.807, 2.05) is 27.1 Å². The summed E-state index contributed by atoms with van der Waals surface area (Å²) >= 11 is 0. The Morgan fingerprint density at radius 2 is 1.97 bits per heavy atom. The van der Waals surface area contributed by atoms with Gasteiger partial charge in [-0.2, -0.15) is 14.3 Å². The fourth-order valence-corrected chi connectivity index (χ4v) is 4.87. The standard InChI is InChI=1S/C25H26N8O3S/c1-4-17(2)36-22-11-24(27-13-19(22)6-5-18-12-28-32(3)15-18)30-23-9-10-26-25(31-23)20-14-29-33(16-20)37(34,35)21-7-8-21/h9-17,21H,4,7-8H2,1-3H3,(H,26,27,30,31). The first-order chi connectivity index (χ1) is 17.8. The van der Waals surface area contributed by atoms with Crippen LogP contribution in [0.2, 0.25) is 0 Å². The molecular formula is C25H26N8O3S. The van der Waals surface area contributed by atoms with Gasteiger partial charge in [-0.25, -0.2) is 23.4 Å². The SMILES string of the molecule is CCC(C)Oc1cc(Nc2ccnc(-c3cnn(S(=O)(=O)C4CC4)c3)n2)ncc1C#Cc1cnn(C)c1. The molecular weight excluding hydrogens is 492 g/mol. The summed E-state index contributed by atoms with van der Waals surface area (Å²) in [6.07, 6.45) is 11.8. The second kappa shape index (κ2) is 10.0. The number of hydrogen-bond acceptors (Lipinski definition) is 9. The van der Waals surface area contributed by atoms with E-state index in [1.165, 1.54) is 12.4 Å². The lowest BCUT2D eigenvalue weighted by atomic mass is 10.2. The van der Waals surface area contributed by atoms with E-state index in [2.05, 4.69) is 42.3 Å². The van der Waals surface area contributed by atoms with Crippen molar-refractivity contribution in [1.29, 1.82) is 0 Å².